The maximum atomic E-state index is 12.4. The van der Waals surface area contributed by atoms with E-state index in [1.807, 2.05) is 25.7 Å². The SMILES string of the molecule is CC(C)(C)OC(=O)[C@H](Oc1cncc(Br)c1)N1CCCC1. The van der Waals surface area contributed by atoms with E-state index in [4.69, 9.17) is 9.47 Å². The van der Waals surface area contributed by atoms with Crippen LogP contribution >= 0.6 is 15.9 Å². The lowest BCUT2D eigenvalue weighted by molar-refractivity contribution is -0.172. The third kappa shape index (κ3) is 4.97. The van der Waals surface area contributed by atoms with Crippen LogP contribution in [0.4, 0.5) is 0 Å². The molecule has 2 heterocycles. The minimum atomic E-state index is -0.720. The second-order valence-electron chi connectivity index (χ2n) is 6.09. The van der Waals surface area contributed by atoms with E-state index in [0.717, 1.165) is 30.4 Å². The summed E-state index contributed by atoms with van der Waals surface area (Å²) in [6, 6.07) is 1.79. The molecule has 1 atom stereocenters. The highest BCUT2D eigenvalue weighted by Gasteiger charge is 2.33. The fraction of sp³-hybridized carbons (Fsp3) is 0.600. The van der Waals surface area contributed by atoms with Crippen LogP contribution in [0.25, 0.3) is 0 Å². The van der Waals surface area contributed by atoms with Gasteiger partial charge in [-0.15, -0.1) is 0 Å². The number of carbonyl (C=O) groups is 1. The highest BCUT2D eigenvalue weighted by Crippen LogP contribution is 2.22. The largest absolute Gasteiger partial charge is 0.462 e. The maximum absolute atomic E-state index is 12.4. The van der Waals surface area contributed by atoms with Crippen LogP contribution in [-0.2, 0) is 9.53 Å². The van der Waals surface area contributed by atoms with Gasteiger partial charge >= 0.3 is 5.97 Å². The molecule has 2 rings (SSSR count). The Balaban J connectivity index is 2.13. The first-order chi connectivity index (χ1) is 9.85. The number of nitrogens with zero attached hydrogens (tertiary/aromatic N) is 2. The molecule has 116 valence electrons. The van der Waals surface area contributed by atoms with Crippen molar-refractivity contribution in [3.05, 3.63) is 22.9 Å². The number of likely N-dealkylation sites (tertiary alicyclic amines) is 1. The second kappa shape index (κ2) is 6.75. The molecule has 1 aliphatic heterocycles. The number of ether oxygens (including phenoxy) is 2. The van der Waals surface area contributed by atoms with Gasteiger partial charge in [0.1, 0.15) is 11.4 Å². The quantitative estimate of drug-likeness (QED) is 0.776. The molecule has 0 unspecified atom stereocenters. The molecule has 0 radical (unpaired) electrons. The first-order valence-electron chi connectivity index (χ1n) is 7.09. The molecule has 21 heavy (non-hydrogen) atoms. The van der Waals surface area contributed by atoms with Gasteiger partial charge in [-0.3, -0.25) is 9.88 Å². The normalized spacial score (nSPS) is 17.5. The Morgan fingerprint density at radius 3 is 2.57 bits per heavy atom. The summed E-state index contributed by atoms with van der Waals surface area (Å²) in [5.41, 5.74) is -0.534. The fourth-order valence-electron chi connectivity index (χ4n) is 2.19. The maximum Gasteiger partial charge on any atom is 0.363 e. The third-order valence-corrected chi connectivity index (χ3v) is 3.44. The third-order valence-electron chi connectivity index (χ3n) is 3.01. The molecule has 0 bridgehead atoms. The van der Waals surface area contributed by atoms with E-state index < -0.39 is 11.8 Å². The number of pyridine rings is 1. The topological polar surface area (TPSA) is 51.7 Å². The Labute approximate surface area is 133 Å². The molecule has 5 nitrogen and oxygen atoms in total. The smallest absolute Gasteiger partial charge is 0.363 e. The molecule has 1 fully saturated rings. The lowest BCUT2D eigenvalue weighted by Gasteiger charge is -2.29. The molecule has 0 spiro atoms. The van der Waals surface area contributed by atoms with Crippen LogP contribution in [-0.4, -0.2) is 40.8 Å². The van der Waals surface area contributed by atoms with Crippen molar-refractivity contribution < 1.29 is 14.3 Å². The molecule has 1 aliphatic rings. The van der Waals surface area contributed by atoms with E-state index >= 15 is 0 Å². The summed E-state index contributed by atoms with van der Waals surface area (Å²) < 4.78 is 12.1. The van der Waals surface area contributed by atoms with Gasteiger partial charge in [-0.1, -0.05) is 0 Å². The molecule has 0 amide bonds. The summed E-state index contributed by atoms with van der Waals surface area (Å²) in [5.74, 6) is 0.191. The Bertz CT molecular complexity index is 496. The number of esters is 1. The van der Waals surface area contributed by atoms with Gasteiger partial charge in [0.25, 0.3) is 6.23 Å². The standard InChI is InChI=1S/C15H21BrN2O3/c1-15(2,3)21-14(19)13(18-6-4-5-7-18)20-12-8-11(16)9-17-10-12/h8-10,13H,4-7H2,1-3H3/t13-/m0/s1. The Hall–Kier alpha value is -1.14. The minimum Gasteiger partial charge on any atom is -0.462 e. The first kappa shape index (κ1) is 16.2. The zero-order valence-electron chi connectivity index (χ0n) is 12.6. The van der Waals surface area contributed by atoms with Gasteiger partial charge in [0.05, 0.1) is 6.20 Å². The lowest BCUT2D eigenvalue weighted by Crippen LogP contribution is -2.46. The number of hydrogen-bond acceptors (Lipinski definition) is 5. The highest BCUT2D eigenvalue weighted by molar-refractivity contribution is 9.10. The molecule has 0 aliphatic carbocycles. The van der Waals surface area contributed by atoms with Crippen LogP contribution < -0.4 is 4.74 Å². The number of rotatable bonds is 4. The van der Waals surface area contributed by atoms with E-state index in [2.05, 4.69) is 20.9 Å². The molecule has 1 saturated heterocycles. The van der Waals surface area contributed by atoms with Crippen LogP contribution in [0.1, 0.15) is 33.6 Å². The summed E-state index contributed by atoms with van der Waals surface area (Å²) >= 11 is 3.35. The number of hydrogen-bond donors (Lipinski definition) is 0. The van der Waals surface area contributed by atoms with Gasteiger partial charge in [-0.05, 0) is 55.6 Å². The van der Waals surface area contributed by atoms with Gasteiger partial charge in [0, 0.05) is 23.8 Å². The van der Waals surface area contributed by atoms with E-state index in [9.17, 15) is 4.79 Å². The molecule has 1 aromatic heterocycles. The Morgan fingerprint density at radius 2 is 2.00 bits per heavy atom. The van der Waals surface area contributed by atoms with E-state index in [-0.39, 0.29) is 5.97 Å². The second-order valence-corrected chi connectivity index (χ2v) is 7.00. The summed E-state index contributed by atoms with van der Waals surface area (Å²) in [6.07, 6.45) is 4.69. The van der Waals surface area contributed by atoms with Crippen molar-refractivity contribution in [2.45, 2.75) is 45.4 Å². The average Bonchev–Trinajstić information content (AvgIpc) is 2.87. The molecule has 1 aromatic rings. The van der Waals surface area contributed by atoms with Gasteiger partial charge < -0.3 is 9.47 Å². The van der Waals surface area contributed by atoms with Crippen LogP contribution in [0.2, 0.25) is 0 Å². The summed E-state index contributed by atoms with van der Waals surface area (Å²) in [7, 11) is 0. The van der Waals surface area contributed by atoms with Crippen LogP contribution in [0.5, 0.6) is 5.75 Å². The van der Waals surface area contributed by atoms with Crippen LogP contribution in [0, 0.1) is 0 Å². The van der Waals surface area contributed by atoms with E-state index in [0.29, 0.717) is 5.75 Å². The van der Waals surface area contributed by atoms with Crippen molar-refractivity contribution in [2.24, 2.45) is 0 Å². The van der Waals surface area contributed by atoms with Crippen LogP contribution in [0.3, 0.4) is 0 Å². The Morgan fingerprint density at radius 1 is 1.33 bits per heavy atom. The van der Waals surface area contributed by atoms with Crippen molar-refractivity contribution >= 4 is 21.9 Å². The predicted molar refractivity (Wildman–Crippen MR) is 83.0 cm³/mol. The van der Waals surface area contributed by atoms with Crippen molar-refractivity contribution in [1.29, 1.82) is 0 Å². The van der Waals surface area contributed by atoms with Gasteiger partial charge in [0.2, 0.25) is 0 Å². The minimum absolute atomic E-state index is 0.357. The fourth-order valence-corrected chi connectivity index (χ4v) is 2.53. The summed E-state index contributed by atoms with van der Waals surface area (Å²) in [6.45, 7) is 7.24. The molecule has 0 aromatic carbocycles. The monoisotopic (exact) mass is 356 g/mol. The summed E-state index contributed by atoms with van der Waals surface area (Å²) in [4.78, 5) is 18.5. The van der Waals surface area contributed by atoms with Crippen molar-refractivity contribution in [3.8, 4) is 5.75 Å². The van der Waals surface area contributed by atoms with Crippen molar-refractivity contribution in [1.82, 2.24) is 9.88 Å². The van der Waals surface area contributed by atoms with Crippen molar-refractivity contribution in [2.75, 3.05) is 13.1 Å². The Kier molecular flexibility index (Phi) is 5.22. The molecular weight excluding hydrogens is 336 g/mol. The first-order valence-corrected chi connectivity index (χ1v) is 7.88. The lowest BCUT2D eigenvalue weighted by atomic mass is 10.2. The number of aromatic nitrogens is 1. The number of carbonyl (C=O) groups excluding carboxylic acids is 1. The van der Waals surface area contributed by atoms with E-state index in [1.54, 1.807) is 18.5 Å². The molecule has 0 N–H and O–H groups in total. The predicted octanol–water partition coefficient (Wildman–Crippen LogP) is 2.99. The zero-order valence-corrected chi connectivity index (χ0v) is 14.2. The van der Waals surface area contributed by atoms with Gasteiger partial charge in [0.15, 0.2) is 0 Å². The molecule has 6 heteroatoms. The molecule has 0 saturated carbocycles. The molecular formula is C15H21BrN2O3. The van der Waals surface area contributed by atoms with Crippen LogP contribution in [0.15, 0.2) is 22.9 Å². The summed E-state index contributed by atoms with van der Waals surface area (Å²) in [5, 5.41) is 0. The average molecular weight is 357 g/mol. The highest BCUT2D eigenvalue weighted by atomic mass is 79.9. The zero-order chi connectivity index (χ0) is 15.5. The van der Waals surface area contributed by atoms with Gasteiger partial charge in [-0.25, -0.2) is 4.79 Å². The van der Waals surface area contributed by atoms with Crippen molar-refractivity contribution in [3.63, 3.8) is 0 Å². The number of halogens is 1. The van der Waals surface area contributed by atoms with Gasteiger partial charge in [-0.2, -0.15) is 0 Å². The van der Waals surface area contributed by atoms with E-state index in [1.165, 1.54) is 0 Å².